The molecule has 0 bridgehead atoms. The van der Waals surface area contributed by atoms with Gasteiger partial charge in [0.25, 0.3) is 11.8 Å². The van der Waals surface area contributed by atoms with Gasteiger partial charge in [-0.2, -0.15) is 14.8 Å². The zero-order valence-corrected chi connectivity index (χ0v) is 22.8. The Bertz CT molecular complexity index is 1230. The Kier molecular flexibility index (Phi) is 7.49. The number of hydrogen-bond acceptors (Lipinski definition) is 8. The van der Waals surface area contributed by atoms with Crippen LogP contribution in [0.15, 0.2) is 4.52 Å². The lowest BCUT2D eigenvalue weighted by atomic mass is 9.89. The zero-order chi connectivity index (χ0) is 27.1. The second kappa shape index (κ2) is 10.2. The van der Waals surface area contributed by atoms with Crippen LogP contribution in [0.4, 0.5) is 9.18 Å². The lowest BCUT2D eigenvalue weighted by molar-refractivity contribution is -0.0623. The summed E-state index contributed by atoms with van der Waals surface area (Å²) in [5.41, 5.74) is -1.12. The molecule has 4 rings (SSSR count). The van der Waals surface area contributed by atoms with Crippen molar-refractivity contribution in [2.24, 2.45) is 0 Å². The van der Waals surface area contributed by atoms with E-state index in [0.29, 0.717) is 56.0 Å². The third-order valence-corrected chi connectivity index (χ3v) is 7.15. The maximum Gasteiger partial charge on any atom is 0.410 e. The number of likely N-dealkylation sites (tertiary alicyclic amines) is 2. The third kappa shape index (κ3) is 5.72. The van der Waals surface area contributed by atoms with Crippen LogP contribution in [0.3, 0.4) is 0 Å². The fourth-order valence-corrected chi connectivity index (χ4v) is 5.13. The highest BCUT2D eigenvalue weighted by molar-refractivity contribution is 5.68. The predicted molar refractivity (Wildman–Crippen MR) is 136 cm³/mol. The highest BCUT2D eigenvalue weighted by atomic mass is 19.1. The van der Waals surface area contributed by atoms with Crippen LogP contribution in [0.2, 0.25) is 0 Å². The monoisotopic (exact) mass is 518 g/mol. The number of rotatable bonds is 4. The summed E-state index contributed by atoms with van der Waals surface area (Å²) in [5.74, 6) is -0.219. The number of aromatic nitrogens is 4. The first-order chi connectivity index (χ1) is 17.3. The van der Waals surface area contributed by atoms with Gasteiger partial charge in [0.05, 0.1) is 5.69 Å². The summed E-state index contributed by atoms with van der Waals surface area (Å²) in [6.45, 7) is 17.5. The summed E-state index contributed by atoms with van der Waals surface area (Å²) in [5, 5.41) is 20.5. The summed E-state index contributed by atoms with van der Waals surface area (Å²) in [4.78, 5) is 20.9. The molecule has 4 heterocycles. The molecule has 1 amide bonds. The van der Waals surface area contributed by atoms with E-state index < -0.39 is 17.0 Å². The number of halogens is 1. The summed E-state index contributed by atoms with van der Waals surface area (Å²) in [6.07, 6.45) is 2.31. The van der Waals surface area contributed by atoms with E-state index in [-0.39, 0.29) is 29.2 Å². The van der Waals surface area contributed by atoms with Gasteiger partial charge in [-0.15, -0.1) is 0 Å². The number of ether oxygens (including phenoxy) is 1. The van der Waals surface area contributed by atoms with E-state index in [1.165, 1.54) is 11.6 Å². The molecule has 0 unspecified atom stereocenters. The van der Waals surface area contributed by atoms with Crippen LogP contribution in [0.5, 0.6) is 0 Å². The van der Waals surface area contributed by atoms with E-state index in [9.17, 15) is 14.3 Å². The molecular formula is C26H39FN6O4. The average Bonchev–Trinajstić information content (AvgIpc) is 3.44. The van der Waals surface area contributed by atoms with E-state index >= 15 is 0 Å². The van der Waals surface area contributed by atoms with Crippen molar-refractivity contribution in [1.82, 2.24) is 29.7 Å². The number of carbonyl (C=O) groups is 1. The molecule has 0 radical (unpaired) electrons. The van der Waals surface area contributed by atoms with Crippen molar-refractivity contribution < 1.29 is 23.6 Å². The fourth-order valence-electron chi connectivity index (χ4n) is 5.13. The molecule has 2 fully saturated rings. The first-order valence-corrected chi connectivity index (χ1v) is 13.0. The van der Waals surface area contributed by atoms with Gasteiger partial charge >= 0.3 is 6.09 Å². The van der Waals surface area contributed by atoms with E-state index in [1.807, 2.05) is 34.6 Å². The van der Waals surface area contributed by atoms with Gasteiger partial charge in [0.2, 0.25) is 0 Å². The number of amides is 1. The van der Waals surface area contributed by atoms with E-state index in [4.69, 9.17) is 9.26 Å². The summed E-state index contributed by atoms with van der Waals surface area (Å²) in [6, 6.07) is 0.334. The van der Waals surface area contributed by atoms with Crippen molar-refractivity contribution in [1.29, 1.82) is 0 Å². The van der Waals surface area contributed by atoms with Gasteiger partial charge < -0.3 is 24.2 Å². The molecule has 0 saturated carbocycles. The Balaban J connectivity index is 1.41. The minimum Gasteiger partial charge on any atom is -0.444 e. The third-order valence-electron chi connectivity index (χ3n) is 7.15. The molecule has 10 nitrogen and oxygen atoms in total. The van der Waals surface area contributed by atoms with Crippen molar-refractivity contribution in [3.63, 3.8) is 0 Å². The molecule has 0 spiro atoms. The molecule has 2 saturated heterocycles. The van der Waals surface area contributed by atoms with Crippen LogP contribution >= 0.6 is 0 Å². The first kappa shape index (κ1) is 27.3. The van der Waals surface area contributed by atoms with Crippen LogP contribution in [-0.4, -0.2) is 78.7 Å². The molecule has 204 valence electrons. The van der Waals surface area contributed by atoms with Crippen LogP contribution < -0.4 is 10.6 Å². The maximum atomic E-state index is 14.4. The van der Waals surface area contributed by atoms with Gasteiger partial charge in [-0.25, -0.2) is 9.18 Å². The summed E-state index contributed by atoms with van der Waals surface area (Å²) >= 11 is 0. The van der Waals surface area contributed by atoms with Crippen molar-refractivity contribution in [3.8, 4) is 5.95 Å². The number of hydrogen-bond donors (Lipinski definition) is 1. The molecule has 37 heavy (non-hydrogen) atoms. The van der Waals surface area contributed by atoms with Crippen molar-refractivity contribution in [2.75, 3.05) is 26.2 Å². The van der Waals surface area contributed by atoms with Gasteiger partial charge in [-0.05, 0) is 64.5 Å². The molecule has 0 atom stereocenters. The Morgan fingerprint density at radius 2 is 1.84 bits per heavy atom. The lowest BCUT2D eigenvalue weighted by Crippen LogP contribution is -2.52. The van der Waals surface area contributed by atoms with Gasteiger partial charge in [0.15, 0.2) is 0 Å². The molecule has 2 aliphatic rings. The Morgan fingerprint density at radius 1 is 1.22 bits per heavy atom. The van der Waals surface area contributed by atoms with Gasteiger partial charge in [0, 0.05) is 37.4 Å². The predicted octanol–water partition coefficient (Wildman–Crippen LogP) is 2.57. The smallest absolute Gasteiger partial charge is 0.410 e. The molecular weight excluding hydrogens is 479 g/mol. The first-order valence-electron chi connectivity index (χ1n) is 13.0. The fraction of sp³-hybridized carbons (Fsp3) is 0.692. The van der Waals surface area contributed by atoms with Crippen LogP contribution in [0.25, 0.3) is 18.4 Å². The minimum atomic E-state index is -1.27. The minimum absolute atomic E-state index is 0.0442. The molecule has 0 aromatic carbocycles. The zero-order valence-electron chi connectivity index (χ0n) is 22.8. The van der Waals surface area contributed by atoms with Crippen LogP contribution in [0, 0.1) is 0 Å². The van der Waals surface area contributed by atoms with Crippen molar-refractivity contribution in [3.05, 3.63) is 22.2 Å². The van der Waals surface area contributed by atoms with Crippen LogP contribution in [0.1, 0.15) is 84.7 Å². The van der Waals surface area contributed by atoms with Gasteiger partial charge in [-0.3, -0.25) is 0 Å². The summed E-state index contributed by atoms with van der Waals surface area (Å²) < 4.78 is 26.6. The highest BCUT2D eigenvalue weighted by Gasteiger charge is 2.41. The molecule has 2 aromatic heterocycles. The van der Waals surface area contributed by atoms with Crippen LogP contribution in [-0.2, 0) is 10.3 Å². The quantitative estimate of drug-likeness (QED) is 0.658. The lowest BCUT2D eigenvalue weighted by Gasteiger charge is -2.43. The normalized spacial score (nSPS) is 20.4. The van der Waals surface area contributed by atoms with E-state index in [1.54, 1.807) is 4.90 Å². The molecule has 11 heteroatoms. The molecule has 2 aromatic rings. The molecule has 0 aliphatic carbocycles. The molecule has 1 N–H and O–H groups in total. The average molecular weight is 519 g/mol. The number of carbonyl (C=O) groups excluding carboxylic acids is 1. The number of nitrogens with zero attached hydrogens (tertiary/aromatic N) is 6. The topological polar surface area (TPSA) is 110 Å². The largest absolute Gasteiger partial charge is 0.444 e. The second-order valence-electron chi connectivity index (χ2n) is 11.5. The highest BCUT2D eigenvalue weighted by Crippen LogP contribution is 2.34. The SMILES string of the molecule is C=c1c(C(C)C)nn(-c2noc(C3(O)CCN(C4CCN(C(=O)OC(C)(C)C)CC4)CC3)n2)c1=C(C)F. The number of piperidine rings is 2. The van der Waals surface area contributed by atoms with Crippen molar-refractivity contribution in [2.45, 2.75) is 90.4 Å². The van der Waals surface area contributed by atoms with Gasteiger partial charge in [-0.1, -0.05) is 20.4 Å². The van der Waals surface area contributed by atoms with E-state index in [0.717, 1.165) is 12.8 Å². The number of aliphatic hydroxyl groups is 1. The second-order valence-corrected chi connectivity index (χ2v) is 11.5. The molecule has 2 aliphatic heterocycles. The van der Waals surface area contributed by atoms with Crippen molar-refractivity contribution >= 4 is 18.5 Å². The summed E-state index contributed by atoms with van der Waals surface area (Å²) in [7, 11) is 0. The van der Waals surface area contributed by atoms with Gasteiger partial charge in [0.1, 0.15) is 22.4 Å². The Hall–Kier alpha value is -2.79. The Labute approximate surface area is 216 Å². The maximum absolute atomic E-state index is 14.4. The standard InChI is InChI=1S/C26H39FN6O4/c1-16(2)20-17(3)21(18(4)27)33(29-20)23-28-22(37-30-23)26(35)10-14-31(15-11-26)19-8-12-32(13-9-19)24(34)36-25(5,6)7/h16,19,35H,3,8-15H2,1-2,4-7H3. The Morgan fingerprint density at radius 3 is 2.38 bits per heavy atom. The van der Waals surface area contributed by atoms with E-state index in [2.05, 4.69) is 26.7 Å².